The second-order valence-corrected chi connectivity index (χ2v) is 8.54. The lowest BCUT2D eigenvalue weighted by Gasteiger charge is -2.50. The molecule has 1 aliphatic carbocycles. The first-order valence-corrected chi connectivity index (χ1v) is 9.39. The summed E-state index contributed by atoms with van der Waals surface area (Å²) in [5, 5.41) is 0. The summed E-state index contributed by atoms with van der Waals surface area (Å²) in [7, 11) is 0. The van der Waals surface area contributed by atoms with Gasteiger partial charge in [0.1, 0.15) is 11.5 Å². The van der Waals surface area contributed by atoms with Crippen LogP contribution in [0.3, 0.4) is 0 Å². The Balaban J connectivity index is 1.85. The maximum Gasteiger partial charge on any atom is 0.327 e. The Labute approximate surface area is 162 Å². The van der Waals surface area contributed by atoms with Crippen molar-refractivity contribution in [2.45, 2.75) is 64.1 Å². The molecule has 0 amide bonds. The van der Waals surface area contributed by atoms with Crippen LogP contribution in [0.25, 0.3) is 0 Å². The molecular formula is C20H24O8. The molecule has 2 aliphatic heterocycles. The quantitative estimate of drug-likeness (QED) is 0.558. The zero-order valence-corrected chi connectivity index (χ0v) is 16.4. The number of ketones is 1. The number of furan rings is 1. The average molecular weight is 392 g/mol. The van der Waals surface area contributed by atoms with Crippen LogP contribution < -0.4 is 0 Å². The molecule has 0 radical (unpaired) electrons. The molecule has 152 valence electrons. The summed E-state index contributed by atoms with van der Waals surface area (Å²) in [6.45, 7) is 6.64. The molecule has 3 atom stereocenters. The highest BCUT2D eigenvalue weighted by Gasteiger charge is 2.70. The maximum absolute atomic E-state index is 13.4. The number of esters is 2. The first-order chi connectivity index (χ1) is 13.1. The van der Waals surface area contributed by atoms with Crippen molar-refractivity contribution >= 4 is 17.7 Å². The first-order valence-electron chi connectivity index (χ1n) is 9.39. The maximum atomic E-state index is 13.4. The van der Waals surface area contributed by atoms with E-state index in [1.807, 2.05) is 0 Å². The van der Waals surface area contributed by atoms with E-state index in [1.54, 1.807) is 26.0 Å². The number of ether oxygens (including phenoxy) is 4. The molecule has 3 fully saturated rings. The molecule has 0 unspecified atom stereocenters. The molecule has 8 nitrogen and oxygen atoms in total. The predicted molar refractivity (Wildman–Crippen MR) is 92.8 cm³/mol. The largest absolute Gasteiger partial charge is 0.469 e. The van der Waals surface area contributed by atoms with Crippen LogP contribution >= 0.6 is 0 Å². The summed E-state index contributed by atoms with van der Waals surface area (Å²) >= 11 is 0. The standard InChI is InChI=1S/C20H24O8/c1-18(2)25-10-15(26-18)13-9-11(21)8-12(14-6-5-7-24-14)20(13)16(22)27-19(3,4)28-17(20)23/h5-7,12-13,15H,8-10H2,1-4H3/t12-,13+,15-/m1/s1. The minimum atomic E-state index is -1.74. The fourth-order valence-electron chi connectivity index (χ4n) is 4.60. The Bertz CT molecular complexity index is 786. The Morgan fingerprint density at radius 1 is 0.964 bits per heavy atom. The molecule has 28 heavy (non-hydrogen) atoms. The highest BCUT2D eigenvalue weighted by Crippen LogP contribution is 2.56. The van der Waals surface area contributed by atoms with Crippen molar-refractivity contribution in [3.05, 3.63) is 24.2 Å². The molecule has 0 bridgehead atoms. The molecule has 3 heterocycles. The molecule has 1 spiro atoms. The van der Waals surface area contributed by atoms with Gasteiger partial charge in [-0.3, -0.25) is 14.4 Å². The third kappa shape index (κ3) is 2.86. The van der Waals surface area contributed by atoms with Crippen LogP contribution in [0.1, 0.15) is 52.2 Å². The van der Waals surface area contributed by atoms with Gasteiger partial charge in [0.25, 0.3) is 5.79 Å². The number of rotatable bonds is 2. The highest BCUT2D eigenvalue weighted by molar-refractivity contribution is 6.05. The number of Topliss-reactive ketones (excluding diaryl/α,β-unsaturated/α-hetero) is 1. The fraction of sp³-hybridized carbons (Fsp3) is 0.650. The van der Waals surface area contributed by atoms with Gasteiger partial charge in [0.05, 0.1) is 24.9 Å². The van der Waals surface area contributed by atoms with Crippen molar-refractivity contribution in [1.82, 2.24) is 0 Å². The summed E-state index contributed by atoms with van der Waals surface area (Å²) in [4.78, 5) is 39.4. The van der Waals surface area contributed by atoms with Crippen LogP contribution in [0.4, 0.5) is 0 Å². The molecule has 4 rings (SSSR count). The van der Waals surface area contributed by atoms with Crippen molar-refractivity contribution < 1.29 is 37.7 Å². The van der Waals surface area contributed by atoms with Crippen molar-refractivity contribution in [1.29, 1.82) is 0 Å². The molecule has 1 aromatic heterocycles. The van der Waals surface area contributed by atoms with Gasteiger partial charge in [0.15, 0.2) is 11.2 Å². The smallest absolute Gasteiger partial charge is 0.327 e. The summed E-state index contributed by atoms with van der Waals surface area (Å²) in [6.07, 6.45) is 0.772. The number of carbonyl (C=O) groups excluding carboxylic acids is 3. The number of hydrogen-bond donors (Lipinski definition) is 0. The summed E-state index contributed by atoms with van der Waals surface area (Å²) in [5.74, 6) is -5.05. The van der Waals surface area contributed by atoms with Crippen LogP contribution in [0.2, 0.25) is 0 Å². The lowest BCUT2D eigenvalue weighted by molar-refractivity contribution is -0.263. The van der Waals surface area contributed by atoms with Crippen molar-refractivity contribution in [2.24, 2.45) is 11.3 Å². The minimum absolute atomic E-state index is 0.00799. The summed E-state index contributed by atoms with van der Waals surface area (Å²) < 4.78 is 28.1. The van der Waals surface area contributed by atoms with Crippen LogP contribution in [-0.4, -0.2) is 42.0 Å². The summed E-state index contributed by atoms with van der Waals surface area (Å²) in [6, 6.07) is 3.30. The Morgan fingerprint density at radius 2 is 1.64 bits per heavy atom. The van der Waals surface area contributed by atoms with E-state index in [4.69, 9.17) is 23.4 Å². The molecule has 1 saturated carbocycles. The average Bonchev–Trinajstić information content (AvgIpc) is 3.21. The summed E-state index contributed by atoms with van der Waals surface area (Å²) in [5.41, 5.74) is -1.74. The van der Waals surface area contributed by atoms with Gasteiger partial charge in [-0.25, -0.2) is 0 Å². The van der Waals surface area contributed by atoms with E-state index < -0.39 is 46.9 Å². The Kier molecular flexibility index (Phi) is 4.21. The van der Waals surface area contributed by atoms with Gasteiger partial charge >= 0.3 is 11.9 Å². The van der Waals surface area contributed by atoms with Gasteiger partial charge in [0, 0.05) is 32.6 Å². The van der Waals surface area contributed by atoms with E-state index in [1.165, 1.54) is 20.1 Å². The van der Waals surface area contributed by atoms with Gasteiger partial charge in [-0.05, 0) is 26.0 Å². The predicted octanol–water partition coefficient (Wildman–Crippen LogP) is 2.32. The van der Waals surface area contributed by atoms with E-state index in [0.29, 0.717) is 5.76 Å². The minimum Gasteiger partial charge on any atom is -0.469 e. The van der Waals surface area contributed by atoms with Crippen molar-refractivity contribution in [3.63, 3.8) is 0 Å². The number of hydrogen-bond acceptors (Lipinski definition) is 8. The van der Waals surface area contributed by atoms with E-state index in [-0.39, 0.29) is 25.2 Å². The lowest BCUT2D eigenvalue weighted by Crippen LogP contribution is -2.64. The second-order valence-electron chi connectivity index (χ2n) is 8.54. The SMILES string of the molecule is CC1(C)OC(=O)C2(C(=O)O1)[C@@H](c1ccco1)CC(=O)C[C@H]2[C@H]1COC(C)(C)O1. The fourth-order valence-corrected chi connectivity index (χ4v) is 4.60. The van der Waals surface area contributed by atoms with Crippen LogP contribution in [0.15, 0.2) is 22.8 Å². The van der Waals surface area contributed by atoms with Crippen LogP contribution in [-0.2, 0) is 33.3 Å². The van der Waals surface area contributed by atoms with Crippen molar-refractivity contribution in [2.75, 3.05) is 6.61 Å². The lowest BCUT2D eigenvalue weighted by atomic mass is 9.56. The van der Waals surface area contributed by atoms with Crippen LogP contribution in [0.5, 0.6) is 0 Å². The second kappa shape index (κ2) is 6.15. The van der Waals surface area contributed by atoms with Gasteiger partial charge in [0.2, 0.25) is 0 Å². The molecule has 1 aromatic rings. The molecule has 2 saturated heterocycles. The zero-order chi connectivity index (χ0) is 20.3. The normalized spacial score (nSPS) is 33.6. The third-order valence-corrected chi connectivity index (χ3v) is 5.73. The van der Waals surface area contributed by atoms with E-state index >= 15 is 0 Å². The van der Waals surface area contributed by atoms with E-state index in [2.05, 4.69) is 0 Å². The van der Waals surface area contributed by atoms with E-state index in [9.17, 15) is 14.4 Å². The van der Waals surface area contributed by atoms with Crippen molar-refractivity contribution in [3.8, 4) is 0 Å². The molecule has 8 heteroatoms. The monoisotopic (exact) mass is 392 g/mol. The van der Waals surface area contributed by atoms with Crippen LogP contribution in [0, 0.1) is 11.3 Å². The van der Waals surface area contributed by atoms with E-state index in [0.717, 1.165) is 0 Å². The molecule has 0 aromatic carbocycles. The topological polar surface area (TPSA) is 101 Å². The third-order valence-electron chi connectivity index (χ3n) is 5.73. The Hall–Kier alpha value is -2.19. The number of cyclic esters (lactones) is 2. The molecule has 0 N–H and O–H groups in total. The van der Waals surface area contributed by atoms with Gasteiger partial charge in [-0.2, -0.15) is 0 Å². The zero-order valence-electron chi connectivity index (χ0n) is 16.4. The van der Waals surface area contributed by atoms with Gasteiger partial charge in [-0.1, -0.05) is 0 Å². The molecular weight excluding hydrogens is 368 g/mol. The Morgan fingerprint density at radius 3 is 2.18 bits per heavy atom. The van der Waals surface area contributed by atoms with Gasteiger partial charge in [-0.15, -0.1) is 0 Å². The number of carbonyl (C=O) groups is 3. The molecule has 3 aliphatic rings. The van der Waals surface area contributed by atoms with Gasteiger partial charge < -0.3 is 23.4 Å². The highest BCUT2D eigenvalue weighted by atomic mass is 16.8. The first kappa shape index (κ1) is 19.1.